The quantitative estimate of drug-likeness (QED) is 0.287. The van der Waals surface area contributed by atoms with Crippen molar-refractivity contribution in [1.29, 1.82) is 0 Å². The minimum absolute atomic E-state index is 0.117. The number of fused-ring (bicyclic) bond motifs is 1. The molecule has 0 spiro atoms. The van der Waals surface area contributed by atoms with Gasteiger partial charge in [-0.25, -0.2) is 0 Å². The maximum Gasteiger partial charge on any atom is 0.310 e. The predicted molar refractivity (Wildman–Crippen MR) is 130 cm³/mol. The Bertz CT molecular complexity index is 1160. The van der Waals surface area contributed by atoms with E-state index in [1.54, 1.807) is 43.3 Å². The highest BCUT2D eigenvalue weighted by Gasteiger charge is 2.28. The summed E-state index contributed by atoms with van der Waals surface area (Å²) >= 11 is 0. The number of hydrogen-bond donors (Lipinski definition) is 0. The van der Waals surface area contributed by atoms with Gasteiger partial charge in [0, 0.05) is 19.0 Å². The number of nitrogens with zero attached hydrogens (tertiary/aromatic N) is 2. The summed E-state index contributed by atoms with van der Waals surface area (Å²) in [5.41, 5.74) is 2.53. The van der Waals surface area contributed by atoms with E-state index in [9.17, 15) is 9.59 Å². The zero-order valence-electron chi connectivity index (χ0n) is 19.6. The van der Waals surface area contributed by atoms with E-state index < -0.39 is 5.97 Å². The van der Waals surface area contributed by atoms with Crippen LogP contribution in [0.4, 0.5) is 11.4 Å². The number of rotatable bonds is 7. The molecule has 0 fully saturated rings. The molecule has 1 atom stereocenters. The number of likely N-dealkylation sites (N-methyl/N-ethyl adjacent to an activating group) is 1. The molecule has 1 heterocycles. The molecule has 0 saturated carbocycles. The summed E-state index contributed by atoms with van der Waals surface area (Å²) < 4.78 is 11.7. The van der Waals surface area contributed by atoms with Crippen molar-refractivity contribution in [2.24, 2.45) is 0 Å². The van der Waals surface area contributed by atoms with Crippen molar-refractivity contribution in [2.45, 2.75) is 26.4 Å². The first kappa shape index (κ1) is 23.3. The van der Waals surface area contributed by atoms with Crippen molar-refractivity contribution in [1.82, 2.24) is 0 Å². The maximum atomic E-state index is 13.5. The topological polar surface area (TPSA) is 68.3 Å². The largest absolute Gasteiger partial charge is 0.484 e. The number of amides is 1. The lowest BCUT2D eigenvalue weighted by atomic mass is 10.1. The molecule has 0 unspecified atom stereocenters. The van der Waals surface area contributed by atoms with Crippen LogP contribution in [-0.4, -0.2) is 38.2 Å². The van der Waals surface area contributed by atoms with Gasteiger partial charge in [0.05, 0.1) is 12.2 Å². The second-order valence-electron chi connectivity index (χ2n) is 8.10. The normalized spacial score (nSPS) is 14.7. The Kier molecular flexibility index (Phi) is 7.13. The molecule has 1 aliphatic heterocycles. The third-order valence-electron chi connectivity index (χ3n) is 5.56. The number of hydroxylamine groups is 1. The molecule has 0 aromatic heterocycles. The molecule has 176 valence electrons. The highest BCUT2D eigenvalue weighted by Crippen LogP contribution is 2.35. The molecule has 4 rings (SSSR count). The van der Waals surface area contributed by atoms with Crippen LogP contribution in [0.5, 0.6) is 11.5 Å². The lowest BCUT2D eigenvalue weighted by molar-refractivity contribution is -0.134. The first-order chi connectivity index (χ1) is 16.5. The lowest BCUT2D eigenvalue weighted by Crippen LogP contribution is -2.43. The molecule has 0 aliphatic carbocycles. The van der Waals surface area contributed by atoms with Crippen LogP contribution in [0.15, 0.2) is 72.8 Å². The third-order valence-corrected chi connectivity index (χ3v) is 5.56. The van der Waals surface area contributed by atoms with Crippen molar-refractivity contribution >= 4 is 23.3 Å². The fourth-order valence-electron chi connectivity index (χ4n) is 3.79. The Morgan fingerprint density at radius 3 is 2.53 bits per heavy atom. The van der Waals surface area contributed by atoms with Gasteiger partial charge in [-0.3, -0.25) is 14.4 Å². The molecule has 0 saturated heterocycles. The number of carbonyl (C=O) groups excluding carboxylic acids is 2. The Balaban J connectivity index is 1.63. The molecular formula is C27H28N2O5. The van der Waals surface area contributed by atoms with Crippen LogP contribution in [0.2, 0.25) is 0 Å². The number of hydrogen-bond acceptors (Lipinski definition) is 6. The van der Waals surface area contributed by atoms with E-state index in [2.05, 4.69) is 4.90 Å². The average molecular weight is 461 g/mol. The van der Waals surface area contributed by atoms with E-state index in [0.717, 1.165) is 17.0 Å². The second kappa shape index (κ2) is 10.4. The summed E-state index contributed by atoms with van der Waals surface area (Å²) in [4.78, 5) is 33.8. The predicted octanol–water partition coefficient (Wildman–Crippen LogP) is 4.79. The van der Waals surface area contributed by atoms with Crippen LogP contribution in [0.3, 0.4) is 0 Å². The van der Waals surface area contributed by atoms with E-state index in [1.807, 2.05) is 50.4 Å². The van der Waals surface area contributed by atoms with Crippen molar-refractivity contribution in [3.05, 3.63) is 83.9 Å². The van der Waals surface area contributed by atoms with Gasteiger partial charge in [-0.05, 0) is 42.8 Å². The number of benzene rings is 3. The van der Waals surface area contributed by atoms with Crippen LogP contribution >= 0.6 is 0 Å². The highest BCUT2D eigenvalue weighted by atomic mass is 16.7. The molecular weight excluding hydrogens is 432 g/mol. The Hall–Kier alpha value is -3.84. The minimum atomic E-state index is -0.392. The van der Waals surface area contributed by atoms with E-state index in [4.69, 9.17) is 14.3 Å². The third kappa shape index (κ3) is 5.05. The molecule has 7 heteroatoms. The summed E-state index contributed by atoms with van der Waals surface area (Å²) in [6, 6.07) is 22.0. The zero-order chi connectivity index (χ0) is 24.1. The summed E-state index contributed by atoms with van der Waals surface area (Å²) in [6.07, 6.45) is -0.0967. The zero-order valence-corrected chi connectivity index (χ0v) is 19.6. The summed E-state index contributed by atoms with van der Waals surface area (Å²) in [6.45, 7) is 4.25. The van der Waals surface area contributed by atoms with Gasteiger partial charge >= 0.3 is 5.97 Å². The van der Waals surface area contributed by atoms with Gasteiger partial charge in [-0.1, -0.05) is 49.4 Å². The maximum absolute atomic E-state index is 13.5. The summed E-state index contributed by atoms with van der Waals surface area (Å²) in [5, 5.41) is 1.20. The SMILES string of the molecule is CCC(=O)Oc1c(C)cccc1N(OC[C@@H]1CN(C)c2ccccc2O1)C(=O)c1ccccc1. The molecule has 1 aliphatic rings. The molecule has 7 nitrogen and oxygen atoms in total. The molecule has 0 bridgehead atoms. The highest BCUT2D eigenvalue weighted by molar-refractivity contribution is 6.05. The van der Waals surface area contributed by atoms with Crippen molar-refractivity contribution in [2.75, 3.05) is 30.2 Å². The molecule has 0 N–H and O–H groups in total. The van der Waals surface area contributed by atoms with Gasteiger partial charge in [-0.15, -0.1) is 0 Å². The van der Waals surface area contributed by atoms with Gasteiger partial charge < -0.3 is 14.4 Å². The van der Waals surface area contributed by atoms with E-state index >= 15 is 0 Å². The molecule has 0 radical (unpaired) electrons. The monoisotopic (exact) mass is 460 g/mol. The van der Waals surface area contributed by atoms with Gasteiger partial charge in [0.15, 0.2) is 5.75 Å². The molecule has 3 aromatic rings. The van der Waals surface area contributed by atoms with Gasteiger partial charge in [0.25, 0.3) is 5.91 Å². The minimum Gasteiger partial charge on any atom is -0.484 e. The van der Waals surface area contributed by atoms with Crippen LogP contribution in [0.1, 0.15) is 29.3 Å². The summed E-state index contributed by atoms with van der Waals surface area (Å²) in [7, 11) is 1.99. The first-order valence-electron chi connectivity index (χ1n) is 11.3. The number of ether oxygens (including phenoxy) is 2. The van der Waals surface area contributed by atoms with Crippen molar-refractivity contribution < 1.29 is 23.9 Å². The number of carbonyl (C=O) groups is 2. The van der Waals surface area contributed by atoms with Crippen LogP contribution in [-0.2, 0) is 9.63 Å². The Morgan fingerprint density at radius 1 is 1.03 bits per heavy atom. The van der Waals surface area contributed by atoms with Crippen molar-refractivity contribution in [3.63, 3.8) is 0 Å². The van der Waals surface area contributed by atoms with E-state index in [0.29, 0.717) is 23.5 Å². The van der Waals surface area contributed by atoms with Gasteiger partial charge in [0.1, 0.15) is 24.1 Å². The molecule has 1 amide bonds. The van der Waals surface area contributed by atoms with Gasteiger partial charge in [0.2, 0.25) is 0 Å². The first-order valence-corrected chi connectivity index (χ1v) is 11.3. The molecule has 3 aromatic carbocycles. The van der Waals surface area contributed by atoms with Gasteiger partial charge in [-0.2, -0.15) is 5.06 Å². The number of para-hydroxylation sites is 3. The number of anilines is 2. The standard InChI is InChI=1S/C27H28N2O5/c1-4-25(30)34-26-19(2)11-10-15-23(26)29(27(31)20-12-6-5-7-13-20)32-18-21-17-28(3)22-14-8-9-16-24(22)33-21/h5-16,21H,4,17-18H2,1-3H3/t21-/m0/s1. The molecule has 34 heavy (non-hydrogen) atoms. The fourth-order valence-corrected chi connectivity index (χ4v) is 3.79. The summed E-state index contributed by atoms with van der Waals surface area (Å²) in [5.74, 6) is 0.297. The second-order valence-corrected chi connectivity index (χ2v) is 8.10. The average Bonchev–Trinajstić information content (AvgIpc) is 2.86. The van der Waals surface area contributed by atoms with Crippen molar-refractivity contribution in [3.8, 4) is 11.5 Å². The van der Waals surface area contributed by atoms with Crippen LogP contribution < -0.4 is 19.4 Å². The smallest absolute Gasteiger partial charge is 0.310 e. The Labute approximate surface area is 199 Å². The number of aryl methyl sites for hydroxylation is 1. The van der Waals surface area contributed by atoms with E-state index in [-0.39, 0.29) is 25.0 Å². The number of esters is 1. The Morgan fingerprint density at radius 2 is 1.76 bits per heavy atom. The van der Waals surface area contributed by atoms with Crippen LogP contribution in [0.25, 0.3) is 0 Å². The lowest BCUT2D eigenvalue weighted by Gasteiger charge is -2.34. The van der Waals surface area contributed by atoms with E-state index in [1.165, 1.54) is 5.06 Å². The van der Waals surface area contributed by atoms with Crippen LogP contribution in [0, 0.1) is 6.92 Å². The fraction of sp³-hybridized carbons (Fsp3) is 0.259.